The van der Waals surface area contributed by atoms with Crippen molar-refractivity contribution in [3.8, 4) is 0 Å². The summed E-state index contributed by atoms with van der Waals surface area (Å²) in [6.45, 7) is -0.0639. The fraction of sp³-hybridized carbons (Fsp3) is 0.286. The van der Waals surface area contributed by atoms with Gasteiger partial charge in [-0.3, -0.25) is 4.79 Å². The number of aromatic nitrogens is 2. The highest BCUT2D eigenvalue weighted by Crippen LogP contribution is 2.49. The molecule has 150 valence electrons. The number of hydrogen-bond acceptors (Lipinski definition) is 5. The Morgan fingerprint density at radius 3 is 2.76 bits per heavy atom. The molecule has 3 N–H and O–H groups in total. The molecule has 8 heteroatoms. The van der Waals surface area contributed by atoms with E-state index < -0.39 is 24.2 Å². The number of carbonyl (C=O) groups excluding carboxylic acids is 1. The summed E-state index contributed by atoms with van der Waals surface area (Å²) in [4.78, 5) is 20.5. The highest BCUT2D eigenvalue weighted by molar-refractivity contribution is 5.95. The van der Waals surface area contributed by atoms with Gasteiger partial charge >= 0.3 is 0 Å². The fourth-order valence-corrected chi connectivity index (χ4v) is 3.30. The van der Waals surface area contributed by atoms with Crippen LogP contribution in [0.15, 0.2) is 54.9 Å². The van der Waals surface area contributed by atoms with E-state index in [-0.39, 0.29) is 12.6 Å². The average Bonchev–Trinajstić information content (AvgIpc) is 3.36. The summed E-state index contributed by atoms with van der Waals surface area (Å²) < 4.78 is 26.2. The molecule has 29 heavy (non-hydrogen) atoms. The first-order valence-corrected chi connectivity index (χ1v) is 9.34. The quantitative estimate of drug-likeness (QED) is 0.564. The Hall–Kier alpha value is -3.13. The van der Waals surface area contributed by atoms with Crippen LogP contribution in [-0.4, -0.2) is 33.5 Å². The van der Waals surface area contributed by atoms with Crippen LogP contribution in [0.5, 0.6) is 0 Å². The number of rotatable bonds is 7. The number of nitrogens with zero attached hydrogens (tertiary/aromatic N) is 2. The Kier molecular flexibility index (Phi) is 5.10. The number of amides is 1. The predicted octanol–water partition coefficient (Wildman–Crippen LogP) is 3.76. The number of aliphatic hydroxyl groups is 1. The lowest BCUT2D eigenvalue weighted by Crippen LogP contribution is -2.18. The number of halogens is 2. The van der Waals surface area contributed by atoms with Gasteiger partial charge in [0.15, 0.2) is 0 Å². The minimum Gasteiger partial charge on any atom is -0.396 e. The smallest absolute Gasteiger partial charge is 0.260 e. The zero-order valence-corrected chi connectivity index (χ0v) is 15.5. The second kappa shape index (κ2) is 7.71. The van der Waals surface area contributed by atoms with Gasteiger partial charge in [-0.05, 0) is 36.2 Å². The summed E-state index contributed by atoms with van der Waals surface area (Å²) in [6, 6.07) is 14.2. The largest absolute Gasteiger partial charge is 0.396 e. The van der Waals surface area contributed by atoms with Crippen molar-refractivity contribution in [1.29, 1.82) is 0 Å². The summed E-state index contributed by atoms with van der Waals surface area (Å²) in [7, 11) is 0. The third kappa shape index (κ3) is 4.17. The molecule has 1 aromatic heterocycles. The number of benzene rings is 2. The first kappa shape index (κ1) is 19.2. The van der Waals surface area contributed by atoms with Crippen LogP contribution in [-0.2, 0) is 4.79 Å². The van der Waals surface area contributed by atoms with Crippen LogP contribution in [0, 0.1) is 5.92 Å². The summed E-state index contributed by atoms with van der Waals surface area (Å²) >= 11 is 0. The van der Waals surface area contributed by atoms with Crippen molar-refractivity contribution in [3.05, 3.63) is 60.4 Å². The monoisotopic (exact) mass is 398 g/mol. The lowest BCUT2D eigenvalue weighted by Gasteiger charge is -2.20. The molecule has 1 amide bonds. The zero-order chi connectivity index (χ0) is 20.4. The van der Waals surface area contributed by atoms with E-state index in [1.807, 2.05) is 30.3 Å². The van der Waals surface area contributed by atoms with E-state index in [2.05, 4.69) is 20.6 Å². The third-order valence-electron chi connectivity index (χ3n) is 4.97. The van der Waals surface area contributed by atoms with Crippen LogP contribution in [0.4, 0.5) is 20.3 Å². The Bertz CT molecular complexity index is 1040. The van der Waals surface area contributed by atoms with Gasteiger partial charge in [-0.2, -0.15) is 0 Å². The van der Waals surface area contributed by atoms with Crippen LogP contribution < -0.4 is 10.6 Å². The molecule has 1 heterocycles. The predicted molar refractivity (Wildman–Crippen MR) is 106 cm³/mol. The van der Waals surface area contributed by atoms with Gasteiger partial charge in [-0.15, -0.1) is 0 Å². The van der Waals surface area contributed by atoms with Gasteiger partial charge in [0.25, 0.3) is 5.92 Å². The maximum absolute atomic E-state index is 13.1. The third-order valence-corrected chi connectivity index (χ3v) is 4.97. The fourth-order valence-electron chi connectivity index (χ4n) is 3.30. The number of fused-ring (bicyclic) bond motifs is 1. The van der Waals surface area contributed by atoms with Gasteiger partial charge in [0.1, 0.15) is 18.1 Å². The highest BCUT2D eigenvalue weighted by atomic mass is 19.3. The second-order valence-corrected chi connectivity index (χ2v) is 7.08. The van der Waals surface area contributed by atoms with E-state index >= 15 is 0 Å². The molecule has 2 unspecified atom stereocenters. The van der Waals surface area contributed by atoms with Crippen molar-refractivity contribution in [1.82, 2.24) is 9.97 Å². The van der Waals surface area contributed by atoms with Crippen molar-refractivity contribution < 1.29 is 18.7 Å². The molecule has 4 rings (SSSR count). The molecule has 0 radical (unpaired) electrons. The Labute approximate surface area is 166 Å². The lowest BCUT2D eigenvalue weighted by atomic mass is 10.0. The van der Waals surface area contributed by atoms with E-state index in [0.717, 1.165) is 16.5 Å². The van der Waals surface area contributed by atoms with Gasteiger partial charge < -0.3 is 15.7 Å². The summed E-state index contributed by atoms with van der Waals surface area (Å²) in [5.74, 6) is -4.22. The van der Waals surface area contributed by atoms with Gasteiger partial charge in [-0.1, -0.05) is 24.3 Å². The molecule has 0 spiro atoms. The number of anilines is 2. The first-order valence-electron chi connectivity index (χ1n) is 9.34. The normalized spacial score (nSPS) is 18.2. The van der Waals surface area contributed by atoms with E-state index in [0.29, 0.717) is 17.9 Å². The van der Waals surface area contributed by atoms with Crippen molar-refractivity contribution >= 4 is 28.3 Å². The van der Waals surface area contributed by atoms with Crippen LogP contribution in [0.25, 0.3) is 10.9 Å². The summed E-state index contributed by atoms with van der Waals surface area (Å²) in [5.41, 5.74) is 2.02. The number of hydrogen-bond donors (Lipinski definition) is 3. The maximum Gasteiger partial charge on any atom is 0.260 e. The van der Waals surface area contributed by atoms with E-state index in [1.165, 1.54) is 6.33 Å². The van der Waals surface area contributed by atoms with Gasteiger partial charge in [-0.25, -0.2) is 18.7 Å². The summed E-state index contributed by atoms with van der Waals surface area (Å²) in [5, 5.41) is 16.2. The van der Waals surface area contributed by atoms with Crippen LogP contribution >= 0.6 is 0 Å². The van der Waals surface area contributed by atoms with Crippen molar-refractivity contribution in [2.24, 2.45) is 5.92 Å². The maximum atomic E-state index is 13.1. The number of aliphatic hydroxyl groups excluding tert-OH is 1. The Morgan fingerprint density at radius 2 is 2.00 bits per heavy atom. The molecule has 1 fully saturated rings. The minimum atomic E-state index is -2.91. The molecule has 1 aliphatic rings. The van der Waals surface area contributed by atoms with Crippen LogP contribution in [0.2, 0.25) is 0 Å². The molecule has 1 aliphatic carbocycles. The highest BCUT2D eigenvalue weighted by Gasteiger charge is 2.61. The standard InChI is InChI=1S/C21H20F2N4O2/c22-21(23)11-16(21)20(29)26-14-5-3-4-13(10-14)17(8-9-28)27-19-15-6-1-2-7-18(15)24-12-25-19/h1-7,10,12,16-17,28H,8-9,11H2,(H,26,29)(H,24,25,27). The van der Waals surface area contributed by atoms with E-state index in [1.54, 1.807) is 18.2 Å². The molecule has 2 atom stereocenters. The lowest BCUT2D eigenvalue weighted by molar-refractivity contribution is -0.119. The average molecular weight is 398 g/mol. The van der Waals surface area contributed by atoms with Gasteiger partial charge in [0.05, 0.1) is 11.6 Å². The topological polar surface area (TPSA) is 87.1 Å². The van der Waals surface area contributed by atoms with Crippen molar-refractivity contribution in [2.75, 3.05) is 17.2 Å². The molecule has 3 aromatic rings. The van der Waals surface area contributed by atoms with E-state index in [9.17, 15) is 18.7 Å². The van der Waals surface area contributed by atoms with Crippen molar-refractivity contribution in [2.45, 2.75) is 24.8 Å². The SMILES string of the molecule is O=C(Nc1cccc(C(CCO)Nc2ncnc3ccccc23)c1)C1CC1(F)F. The second-order valence-electron chi connectivity index (χ2n) is 7.08. The Balaban J connectivity index is 1.56. The summed E-state index contributed by atoms with van der Waals surface area (Å²) in [6.07, 6.45) is 1.46. The van der Waals surface area contributed by atoms with Gasteiger partial charge in [0.2, 0.25) is 5.91 Å². The van der Waals surface area contributed by atoms with Crippen LogP contribution in [0.1, 0.15) is 24.4 Å². The molecule has 6 nitrogen and oxygen atoms in total. The molecule has 2 aromatic carbocycles. The van der Waals surface area contributed by atoms with Gasteiger partial charge in [0, 0.05) is 24.1 Å². The number of carbonyl (C=O) groups is 1. The first-order chi connectivity index (χ1) is 14.0. The molecule has 1 saturated carbocycles. The zero-order valence-electron chi connectivity index (χ0n) is 15.5. The van der Waals surface area contributed by atoms with Crippen molar-refractivity contribution in [3.63, 3.8) is 0 Å². The molecular formula is C21H20F2N4O2. The molecule has 0 aliphatic heterocycles. The molecular weight excluding hydrogens is 378 g/mol. The molecule has 0 bridgehead atoms. The molecule has 0 saturated heterocycles. The van der Waals surface area contributed by atoms with Crippen LogP contribution in [0.3, 0.4) is 0 Å². The number of nitrogens with one attached hydrogen (secondary N) is 2. The number of alkyl halides is 2. The minimum absolute atomic E-state index is 0.0639. The number of para-hydroxylation sites is 1. The Morgan fingerprint density at radius 1 is 1.21 bits per heavy atom. The van der Waals surface area contributed by atoms with E-state index in [4.69, 9.17) is 0 Å².